The van der Waals surface area contributed by atoms with Crippen LogP contribution in [-0.4, -0.2) is 12.5 Å². The van der Waals surface area contributed by atoms with Gasteiger partial charge in [0.05, 0.1) is 11.6 Å². The number of nitrogens with one attached hydrogen (secondary N) is 1. The van der Waals surface area contributed by atoms with Crippen LogP contribution >= 0.6 is 15.9 Å². The zero-order valence-corrected chi connectivity index (χ0v) is 14.6. The van der Waals surface area contributed by atoms with Gasteiger partial charge < -0.3 is 10.1 Å². The van der Waals surface area contributed by atoms with E-state index in [0.717, 1.165) is 5.56 Å². The minimum absolute atomic E-state index is 0.192. The van der Waals surface area contributed by atoms with Crippen LogP contribution in [0.25, 0.3) is 0 Å². The van der Waals surface area contributed by atoms with Crippen LogP contribution < -0.4 is 5.32 Å². The van der Waals surface area contributed by atoms with Crippen LogP contribution in [0.15, 0.2) is 46.9 Å². The van der Waals surface area contributed by atoms with Gasteiger partial charge in [-0.15, -0.1) is 0 Å². The first kappa shape index (κ1) is 18.1. The van der Waals surface area contributed by atoms with Gasteiger partial charge in [0.15, 0.2) is 6.10 Å². The predicted octanol–water partition coefficient (Wildman–Crippen LogP) is 3.85. The Bertz CT molecular complexity index is 757. The molecule has 2 aromatic rings. The number of benzene rings is 2. The highest BCUT2D eigenvalue weighted by atomic mass is 79.9. The first-order valence-electron chi connectivity index (χ1n) is 7.38. The maximum atomic E-state index is 14.1. The quantitative estimate of drug-likeness (QED) is 0.814. The van der Waals surface area contributed by atoms with Crippen molar-refractivity contribution >= 4 is 21.8 Å². The van der Waals surface area contributed by atoms with Crippen LogP contribution in [0.3, 0.4) is 0 Å². The molecule has 0 aliphatic heterocycles. The third-order valence-electron chi connectivity index (χ3n) is 3.37. The smallest absolute Gasteiger partial charge is 0.254 e. The van der Waals surface area contributed by atoms with Gasteiger partial charge in [-0.2, -0.15) is 5.26 Å². The number of nitrogens with zero attached hydrogens (tertiary/aromatic N) is 1. The van der Waals surface area contributed by atoms with Gasteiger partial charge in [-0.1, -0.05) is 34.1 Å². The summed E-state index contributed by atoms with van der Waals surface area (Å²) in [7, 11) is 0. The molecule has 0 saturated heterocycles. The summed E-state index contributed by atoms with van der Waals surface area (Å²) in [5.74, 6) is -0.918. The maximum Gasteiger partial charge on any atom is 0.254 e. The average Bonchev–Trinajstić information content (AvgIpc) is 2.58. The number of hydrogen-bond donors (Lipinski definition) is 1. The Kier molecular flexibility index (Phi) is 6.47. The average molecular weight is 391 g/mol. The van der Waals surface area contributed by atoms with E-state index in [2.05, 4.69) is 21.2 Å². The molecule has 0 aromatic heterocycles. The van der Waals surface area contributed by atoms with E-state index in [1.807, 2.05) is 6.07 Å². The molecule has 0 spiro atoms. The Labute approximate surface area is 148 Å². The Morgan fingerprint density at radius 3 is 2.62 bits per heavy atom. The van der Waals surface area contributed by atoms with Crippen LogP contribution in [0.4, 0.5) is 4.39 Å². The van der Waals surface area contributed by atoms with Gasteiger partial charge in [-0.3, -0.25) is 4.79 Å². The first-order chi connectivity index (χ1) is 11.5. The highest BCUT2D eigenvalue weighted by Crippen LogP contribution is 2.24. The van der Waals surface area contributed by atoms with E-state index in [0.29, 0.717) is 10.0 Å². The van der Waals surface area contributed by atoms with Crippen molar-refractivity contribution in [1.29, 1.82) is 5.26 Å². The highest BCUT2D eigenvalue weighted by Gasteiger charge is 2.24. The number of ether oxygens (including phenoxy) is 1. The van der Waals surface area contributed by atoms with Crippen molar-refractivity contribution in [1.82, 2.24) is 5.32 Å². The first-order valence-corrected chi connectivity index (χ1v) is 8.17. The second-order valence-electron chi connectivity index (χ2n) is 5.03. The van der Waals surface area contributed by atoms with Crippen LogP contribution in [0.2, 0.25) is 0 Å². The number of hydrogen-bond acceptors (Lipinski definition) is 3. The SMILES string of the molecule is CCOC(C(=O)NCc1ccc(C#N)cc1)c1ccc(Br)cc1F. The van der Waals surface area contributed by atoms with E-state index in [9.17, 15) is 9.18 Å². The molecular weight excluding hydrogens is 375 g/mol. The summed E-state index contributed by atoms with van der Waals surface area (Å²) in [6, 6.07) is 13.4. The molecule has 1 atom stereocenters. The van der Waals surface area contributed by atoms with E-state index in [1.54, 1.807) is 37.3 Å². The number of halogens is 2. The van der Waals surface area contributed by atoms with Gasteiger partial charge in [0.1, 0.15) is 5.82 Å². The van der Waals surface area contributed by atoms with Crippen molar-refractivity contribution in [2.24, 2.45) is 0 Å². The minimum atomic E-state index is -1.01. The lowest BCUT2D eigenvalue weighted by atomic mass is 10.1. The second-order valence-corrected chi connectivity index (χ2v) is 5.94. The summed E-state index contributed by atoms with van der Waals surface area (Å²) >= 11 is 3.19. The lowest BCUT2D eigenvalue weighted by molar-refractivity contribution is -0.133. The van der Waals surface area contributed by atoms with Crippen molar-refractivity contribution in [3.63, 3.8) is 0 Å². The normalized spacial score (nSPS) is 11.6. The molecule has 0 bridgehead atoms. The molecule has 24 heavy (non-hydrogen) atoms. The topological polar surface area (TPSA) is 62.1 Å². The summed E-state index contributed by atoms with van der Waals surface area (Å²) < 4.78 is 20.1. The molecule has 6 heteroatoms. The van der Waals surface area contributed by atoms with Gasteiger partial charge in [-0.05, 0) is 36.8 Å². The molecule has 0 saturated carbocycles. The standard InChI is InChI=1S/C18H16BrFN2O2/c1-2-24-17(15-8-7-14(19)9-16(15)20)18(23)22-11-13-5-3-12(10-21)4-6-13/h3-9,17H,2,11H2,1H3,(H,22,23). The summed E-state index contributed by atoms with van der Waals surface area (Å²) in [6.07, 6.45) is -1.01. The molecule has 1 amide bonds. The molecule has 0 aliphatic carbocycles. The van der Waals surface area contributed by atoms with Crippen molar-refractivity contribution < 1.29 is 13.9 Å². The minimum Gasteiger partial charge on any atom is -0.364 e. The molecule has 2 aromatic carbocycles. The Morgan fingerprint density at radius 2 is 2.04 bits per heavy atom. The van der Waals surface area contributed by atoms with Crippen LogP contribution in [0, 0.1) is 17.1 Å². The molecule has 0 fully saturated rings. The van der Waals surface area contributed by atoms with E-state index in [-0.39, 0.29) is 18.7 Å². The fourth-order valence-electron chi connectivity index (χ4n) is 2.17. The molecule has 0 radical (unpaired) electrons. The number of nitriles is 1. The number of amides is 1. The van der Waals surface area contributed by atoms with Gasteiger partial charge in [0, 0.05) is 23.2 Å². The maximum absolute atomic E-state index is 14.1. The zero-order chi connectivity index (χ0) is 17.5. The lowest BCUT2D eigenvalue weighted by Crippen LogP contribution is -2.31. The van der Waals surface area contributed by atoms with E-state index < -0.39 is 17.8 Å². The van der Waals surface area contributed by atoms with Gasteiger partial charge in [0.2, 0.25) is 0 Å². The van der Waals surface area contributed by atoms with E-state index in [4.69, 9.17) is 10.00 Å². The molecule has 2 rings (SSSR count). The zero-order valence-electron chi connectivity index (χ0n) is 13.1. The third kappa shape index (κ3) is 4.63. The second kappa shape index (κ2) is 8.57. The number of carbonyl (C=O) groups is 1. The fourth-order valence-corrected chi connectivity index (χ4v) is 2.50. The van der Waals surface area contributed by atoms with Crippen molar-refractivity contribution in [2.75, 3.05) is 6.61 Å². The predicted molar refractivity (Wildman–Crippen MR) is 91.5 cm³/mol. The summed E-state index contributed by atoms with van der Waals surface area (Å²) in [4.78, 5) is 12.4. The van der Waals surface area contributed by atoms with Crippen LogP contribution in [-0.2, 0) is 16.1 Å². The van der Waals surface area contributed by atoms with Crippen molar-refractivity contribution in [3.05, 3.63) is 69.4 Å². The summed E-state index contributed by atoms with van der Waals surface area (Å²) in [6.45, 7) is 2.30. The van der Waals surface area contributed by atoms with Crippen LogP contribution in [0.1, 0.15) is 29.7 Å². The fraction of sp³-hybridized carbons (Fsp3) is 0.222. The van der Waals surface area contributed by atoms with E-state index >= 15 is 0 Å². The van der Waals surface area contributed by atoms with Gasteiger partial charge >= 0.3 is 0 Å². The Balaban J connectivity index is 2.09. The molecule has 1 N–H and O–H groups in total. The monoisotopic (exact) mass is 390 g/mol. The Morgan fingerprint density at radius 1 is 1.33 bits per heavy atom. The van der Waals surface area contributed by atoms with Crippen molar-refractivity contribution in [2.45, 2.75) is 19.6 Å². The third-order valence-corrected chi connectivity index (χ3v) is 3.86. The van der Waals surface area contributed by atoms with Crippen LogP contribution in [0.5, 0.6) is 0 Å². The molecule has 1 unspecified atom stereocenters. The summed E-state index contributed by atoms with van der Waals surface area (Å²) in [5, 5.41) is 11.5. The molecule has 124 valence electrons. The lowest BCUT2D eigenvalue weighted by Gasteiger charge is -2.18. The molecule has 0 heterocycles. The van der Waals surface area contributed by atoms with Crippen molar-refractivity contribution in [3.8, 4) is 6.07 Å². The highest BCUT2D eigenvalue weighted by molar-refractivity contribution is 9.10. The molecular formula is C18H16BrFN2O2. The molecule has 0 aliphatic rings. The van der Waals surface area contributed by atoms with Gasteiger partial charge in [-0.25, -0.2) is 4.39 Å². The van der Waals surface area contributed by atoms with Gasteiger partial charge in [0.25, 0.3) is 5.91 Å². The largest absolute Gasteiger partial charge is 0.364 e. The van der Waals surface area contributed by atoms with E-state index in [1.165, 1.54) is 12.1 Å². The number of carbonyl (C=O) groups excluding carboxylic acids is 1. The molecule has 4 nitrogen and oxygen atoms in total. The number of rotatable bonds is 6. The Hall–Kier alpha value is -2.23. The summed E-state index contributed by atoms with van der Waals surface area (Å²) in [5.41, 5.74) is 1.58.